The average Bonchev–Trinajstić information content (AvgIpc) is 3.16. The molecule has 150 valence electrons. The van der Waals surface area contributed by atoms with E-state index in [4.69, 9.17) is 29.7 Å². The Hall–Kier alpha value is -1.86. The highest BCUT2D eigenvalue weighted by Gasteiger charge is 2.39. The second-order valence-electron chi connectivity index (χ2n) is 5.85. The number of phosphoric acid groups is 1. The number of ether oxygens (including phenoxy) is 3. The minimum Gasteiger partial charge on any atom is -0.382 e. The van der Waals surface area contributed by atoms with E-state index in [0.717, 1.165) is 0 Å². The number of aromatic amines is 1. The largest absolute Gasteiger partial charge is 0.469 e. The number of hydrogen-bond acceptors (Lipinski definition) is 9. The molecule has 0 unspecified atom stereocenters. The van der Waals surface area contributed by atoms with E-state index in [9.17, 15) is 9.36 Å². The molecule has 0 spiro atoms. The van der Waals surface area contributed by atoms with Gasteiger partial charge in [0.2, 0.25) is 5.95 Å². The van der Waals surface area contributed by atoms with E-state index >= 15 is 0 Å². The highest BCUT2D eigenvalue weighted by molar-refractivity contribution is 7.46. The fourth-order valence-corrected chi connectivity index (χ4v) is 3.17. The van der Waals surface area contributed by atoms with Gasteiger partial charge in [-0.2, -0.15) is 4.98 Å². The minimum atomic E-state index is -4.63. The molecule has 0 radical (unpaired) electrons. The molecule has 27 heavy (non-hydrogen) atoms. The summed E-state index contributed by atoms with van der Waals surface area (Å²) in [6.07, 6.45) is -0.231. The smallest absolute Gasteiger partial charge is 0.382 e. The number of anilines is 1. The van der Waals surface area contributed by atoms with Crippen LogP contribution in [0.3, 0.4) is 0 Å². The number of nitrogens with one attached hydrogen (secondary N) is 1. The van der Waals surface area contributed by atoms with Crippen LogP contribution in [0.25, 0.3) is 11.2 Å². The molecule has 3 atom stereocenters. The Morgan fingerprint density at radius 3 is 2.96 bits per heavy atom. The molecule has 3 rings (SSSR count). The predicted octanol–water partition coefficient (Wildman–Crippen LogP) is -0.870. The predicted molar refractivity (Wildman–Crippen MR) is 90.7 cm³/mol. The van der Waals surface area contributed by atoms with Gasteiger partial charge in [-0.25, -0.2) is 9.55 Å². The van der Waals surface area contributed by atoms with Crippen LogP contribution in [0.4, 0.5) is 5.95 Å². The van der Waals surface area contributed by atoms with Crippen molar-refractivity contribution < 1.29 is 33.1 Å². The number of H-pyrrole nitrogens is 1. The Kier molecular flexibility index (Phi) is 5.91. The van der Waals surface area contributed by atoms with E-state index in [2.05, 4.69) is 19.5 Å². The van der Waals surface area contributed by atoms with E-state index in [1.165, 1.54) is 18.0 Å². The molecule has 0 bridgehead atoms. The van der Waals surface area contributed by atoms with Gasteiger partial charge in [-0.05, 0) is 0 Å². The molecule has 1 aliphatic heterocycles. The van der Waals surface area contributed by atoms with Crippen molar-refractivity contribution in [1.82, 2.24) is 19.5 Å². The summed E-state index contributed by atoms with van der Waals surface area (Å²) in [6.45, 7) is 0.298. The molecule has 3 heterocycles. The van der Waals surface area contributed by atoms with Crippen LogP contribution >= 0.6 is 7.82 Å². The topological polar surface area (TPSA) is 184 Å². The molecule has 5 N–H and O–H groups in total. The molecule has 0 aliphatic carbocycles. The molecule has 2 aromatic rings. The lowest BCUT2D eigenvalue weighted by Crippen LogP contribution is -2.24. The van der Waals surface area contributed by atoms with Crippen LogP contribution in [0.2, 0.25) is 0 Å². The summed E-state index contributed by atoms with van der Waals surface area (Å²) in [5, 5.41) is 0. The van der Waals surface area contributed by atoms with Crippen LogP contribution in [0.5, 0.6) is 0 Å². The average molecular weight is 405 g/mol. The number of imidazole rings is 1. The molecular formula is C13H20N5O8P. The Labute approximate surface area is 152 Å². The molecule has 1 aliphatic rings. The number of fused-ring (bicyclic) bond motifs is 1. The SMILES string of the molecule is COCCO[C@H]1C[C@@H](COP(=O)(O)O)O[C@H]1n1cnc2c(=O)[nH]c(N)nc21. The number of nitrogens with zero attached hydrogens (tertiary/aromatic N) is 3. The molecule has 0 amide bonds. The number of rotatable bonds is 8. The van der Waals surface area contributed by atoms with Crippen LogP contribution in [-0.2, 0) is 23.3 Å². The highest BCUT2D eigenvalue weighted by atomic mass is 31.2. The zero-order valence-corrected chi connectivity index (χ0v) is 15.2. The maximum atomic E-state index is 12.0. The first-order valence-corrected chi connectivity index (χ1v) is 9.50. The maximum absolute atomic E-state index is 12.0. The molecule has 1 saturated heterocycles. The van der Waals surface area contributed by atoms with Crippen molar-refractivity contribution >= 4 is 24.9 Å². The standard InChI is InChI=1S/C13H20N5O8P/c1-23-2-3-24-8-4-7(5-25-27(20,21)22)26-12(8)18-6-15-9-10(18)16-13(14)17-11(9)19/h6-8,12H,2-5H2,1H3,(H2,20,21,22)(H3,14,16,17,19)/t7-,8-,12+/m0/s1. The van der Waals surface area contributed by atoms with Crippen molar-refractivity contribution in [3.63, 3.8) is 0 Å². The third-order valence-corrected chi connectivity index (χ3v) is 4.40. The number of aromatic nitrogens is 4. The fourth-order valence-electron chi connectivity index (χ4n) is 2.81. The van der Waals surface area contributed by atoms with Crippen LogP contribution in [0, 0.1) is 0 Å². The van der Waals surface area contributed by atoms with Crippen molar-refractivity contribution in [3.05, 3.63) is 16.7 Å². The quantitative estimate of drug-likeness (QED) is 0.316. The lowest BCUT2D eigenvalue weighted by atomic mass is 10.2. The van der Waals surface area contributed by atoms with Gasteiger partial charge in [0.25, 0.3) is 5.56 Å². The van der Waals surface area contributed by atoms with Gasteiger partial charge in [0.15, 0.2) is 17.4 Å². The third kappa shape index (κ3) is 4.71. The molecular weight excluding hydrogens is 385 g/mol. The number of nitrogen functional groups attached to an aromatic ring is 1. The molecule has 13 nitrogen and oxygen atoms in total. The fraction of sp³-hybridized carbons (Fsp3) is 0.615. The summed E-state index contributed by atoms with van der Waals surface area (Å²) >= 11 is 0. The van der Waals surface area contributed by atoms with Crippen LogP contribution < -0.4 is 11.3 Å². The summed E-state index contributed by atoms with van der Waals surface area (Å²) in [4.78, 5) is 40.2. The van der Waals surface area contributed by atoms with E-state index in [1.807, 2.05) is 0 Å². The number of phosphoric ester groups is 1. The van der Waals surface area contributed by atoms with E-state index < -0.39 is 31.8 Å². The first kappa shape index (κ1) is 19.9. The third-order valence-electron chi connectivity index (χ3n) is 3.92. The molecule has 0 saturated carbocycles. The van der Waals surface area contributed by atoms with Crippen LogP contribution in [0.15, 0.2) is 11.1 Å². The summed E-state index contributed by atoms with van der Waals surface area (Å²) in [7, 11) is -3.10. The molecule has 14 heteroatoms. The van der Waals surface area contributed by atoms with Crippen molar-refractivity contribution in [2.75, 3.05) is 32.7 Å². The van der Waals surface area contributed by atoms with Crippen molar-refractivity contribution in [3.8, 4) is 0 Å². The number of methoxy groups -OCH3 is 1. The Bertz CT molecular complexity index is 894. The Morgan fingerprint density at radius 2 is 2.26 bits per heavy atom. The summed E-state index contributed by atoms with van der Waals surface area (Å²) in [5.41, 5.74) is 5.40. The van der Waals surface area contributed by atoms with Gasteiger partial charge in [0.1, 0.15) is 6.10 Å². The van der Waals surface area contributed by atoms with Gasteiger partial charge in [0.05, 0.1) is 32.3 Å². The van der Waals surface area contributed by atoms with Gasteiger partial charge in [-0.1, -0.05) is 0 Å². The Balaban J connectivity index is 1.86. The van der Waals surface area contributed by atoms with Gasteiger partial charge in [0, 0.05) is 13.5 Å². The summed E-state index contributed by atoms with van der Waals surface area (Å²) in [5.74, 6) is -0.0783. The van der Waals surface area contributed by atoms with Gasteiger partial charge < -0.3 is 29.7 Å². The monoisotopic (exact) mass is 405 g/mol. The first-order chi connectivity index (χ1) is 12.8. The first-order valence-electron chi connectivity index (χ1n) is 7.97. The van der Waals surface area contributed by atoms with Gasteiger partial charge in [-0.15, -0.1) is 0 Å². The zero-order valence-electron chi connectivity index (χ0n) is 14.3. The lowest BCUT2D eigenvalue weighted by Gasteiger charge is -2.20. The maximum Gasteiger partial charge on any atom is 0.469 e. The van der Waals surface area contributed by atoms with Crippen molar-refractivity contribution in [2.24, 2.45) is 0 Å². The van der Waals surface area contributed by atoms with Gasteiger partial charge >= 0.3 is 7.82 Å². The van der Waals surface area contributed by atoms with E-state index in [1.54, 1.807) is 0 Å². The van der Waals surface area contributed by atoms with E-state index in [0.29, 0.717) is 13.0 Å². The van der Waals surface area contributed by atoms with Gasteiger partial charge in [-0.3, -0.25) is 18.9 Å². The second-order valence-corrected chi connectivity index (χ2v) is 7.09. The molecule has 2 aromatic heterocycles. The van der Waals surface area contributed by atoms with Crippen molar-refractivity contribution in [2.45, 2.75) is 24.9 Å². The summed E-state index contributed by atoms with van der Waals surface area (Å²) in [6, 6.07) is 0. The number of nitrogens with two attached hydrogens (primary N) is 1. The molecule has 0 aromatic carbocycles. The van der Waals surface area contributed by atoms with E-state index in [-0.39, 0.29) is 30.3 Å². The van der Waals surface area contributed by atoms with Crippen LogP contribution in [0.1, 0.15) is 12.6 Å². The molecule has 1 fully saturated rings. The Morgan fingerprint density at radius 1 is 1.48 bits per heavy atom. The normalized spacial score (nSPS) is 23.3. The lowest BCUT2D eigenvalue weighted by molar-refractivity contribution is -0.0745. The second kappa shape index (κ2) is 8.02. The van der Waals surface area contributed by atoms with Crippen LogP contribution in [-0.4, -0.2) is 68.4 Å². The highest BCUT2D eigenvalue weighted by Crippen LogP contribution is 2.39. The number of hydrogen-bond donors (Lipinski definition) is 4. The zero-order chi connectivity index (χ0) is 19.6. The van der Waals surface area contributed by atoms with Crippen molar-refractivity contribution in [1.29, 1.82) is 0 Å². The summed E-state index contributed by atoms with van der Waals surface area (Å²) < 4.78 is 33.5. The minimum absolute atomic E-state index is 0.0783.